The van der Waals surface area contributed by atoms with E-state index in [9.17, 15) is 0 Å². The van der Waals surface area contributed by atoms with Gasteiger partial charge in [0.15, 0.2) is 0 Å². The van der Waals surface area contributed by atoms with Crippen LogP contribution in [0.3, 0.4) is 0 Å². The Labute approximate surface area is 106 Å². The highest BCUT2D eigenvalue weighted by molar-refractivity contribution is 6.29. The Bertz CT molecular complexity index is 348. The number of rotatable bonds is 3. The van der Waals surface area contributed by atoms with Crippen molar-refractivity contribution in [2.24, 2.45) is 5.92 Å². The molecule has 3 atom stereocenters. The largest absolute Gasteiger partial charge is 0.490 e. The van der Waals surface area contributed by atoms with Crippen molar-refractivity contribution in [3.63, 3.8) is 0 Å². The molecule has 1 saturated heterocycles. The van der Waals surface area contributed by atoms with Crippen LogP contribution < -0.4 is 10.1 Å². The molecule has 2 fully saturated rings. The maximum atomic E-state index is 5.68. The van der Waals surface area contributed by atoms with E-state index in [-0.39, 0.29) is 12.4 Å². The van der Waals surface area contributed by atoms with Gasteiger partial charge in [0.25, 0.3) is 0 Å². The predicted octanol–water partition coefficient (Wildman–Crippen LogP) is 2.29. The zero-order valence-corrected chi connectivity index (χ0v) is 10.3. The van der Waals surface area contributed by atoms with Gasteiger partial charge in [-0.3, -0.25) is 0 Å². The molecule has 1 aliphatic heterocycles. The van der Waals surface area contributed by atoms with Crippen LogP contribution >= 0.6 is 24.0 Å². The van der Waals surface area contributed by atoms with Gasteiger partial charge < -0.3 is 10.1 Å². The number of halogens is 2. The Balaban J connectivity index is 0.000000963. The average molecular weight is 261 g/mol. The quantitative estimate of drug-likeness (QED) is 0.847. The standard InChI is InChI=1S/C11H13ClN2O.ClH/c12-11-2-1-9(5-13-11)15-6-8-3-7-4-10(7)14-8;/h1-2,5,7-8,10,14H,3-4,6H2;1H/t7-,8-,10+;/m1./s1. The van der Waals surface area contributed by atoms with Gasteiger partial charge in [-0.05, 0) is 30.9 Å². The summed E-state index contributed by atoms with van der Waals surface area (Å²) in [7, 11) is 0. The number of pyridine rings is 1. The second kappa shape index (κ2) is 4.78. The molecule has 1 aromatic heterocycles. The number of nitrogens with zero attached hydrogens (tertiary/aromatic N) is 1. The van der Waals surface area contributed by atoms with Crippen molar-refractivity contribution < 1.29 is 4.74 Å². The highest BCUT2D eigenvalue weighted by atomic mass is 35.5. The fourth-order valence-electron chi connectivity index (χ4n) is 2.21. The fourth-order valence-corrected chi connectivity index (χ4v) is 2.32. The summed E-state index contributed by atoms with van der Waals surface area (Å²) in [4.78, 5) is 3.97. The minimum Gasteiger partial charge on any atom is -0.490 e. The highest BCUT2D eigenvalue weighted by Gasteiger charge is 2.45. The first kappa shape index (κ1) is 12.0. The van der Waals surface area contributed by atoms with Crippen LogP contribution in [0, 0.1) is 5.92 Å². The third-order valence-corrected chi connectivity index (χ3v) is 3.33. The van der Waals surface area contributed by atoms with E-state index in [1.54, 1.807) is 12.3 Å². The van der Waals surface area contributed by atoms with Crippen molar-refractivity contribution in [1.82, 2.24) is 10.3 Å². The van der Waals surface area contributed by atoms with E-state index in [4.69, 9.17) is 16.3 Å². The molecule has 0 unspecified atom stereocenters. The van der Waals surface area contributed by atoms with Crippen LogP contribution in [0.4, 0.5) is 0 Å². The normalized spacial score (nSPS) is 30.4. The summed E-state index contributed by atoms with van der Waals surface area (Å²) in [5, 5.41) is 4.04. The molecule has 3 nitrogen and oxygen atoms in total. The molecule has 1 N–H and O–H groups in total. The van der Waals surface area contributed by atoms with Crippen molar-refractivity contribution in [2.75, 3.05) is 6.61 Å². The number of piperidine rings is 1. The van der Waals surface area contributed by atoms with Gasteiger partial charge in [0.2, 0.25) is 0 Å². The summed E-state index contributed by atoms with van der Waals surface area (Å²) in [5.41, 5.74) is 0. The average Bonchev–Trinajstić information content (AvgIpc) is 2.86. The molecule has 2 aliphatic rings. The second-order valence-electron chi connectivity index (χ2n) is 4.33. The Morgan fingerprint density at radius 1 is 1.44 bits per heavy atom. The minimum atomic E-state index is 0. The molecule has 16 heavy (non-hydrogen) atoms. The van der Waals surface area contributed by atoms with E-state index in [0.717, 1.165) is 24.3 Å². The molecule has 0 amide bonds. The Morgan fingerprint density at radius 2 is 2.31 bits per heavy atom. The molecule has 0 spiro atoms. The third kappa shape index (κ3) is 2.59. The zero-order valence-electron chi connectivity index (χ0n) is 8.73. The Morgan fingerprint density at radius 3 is 2.94 bits per heavy atom. The van der Waals surface area contributed by atoms with Gasteiger partial charge in [0.05, 0.1) is 6.20 Å². The molecule has 88 valence electrons. The molecule has 1 aliphatic carbocycles. The molecule has 3 rings (SSSR count). The van der Waals surface area contributed by atoms with Gasteiger partial charge in [-0.25, -0.2) is 4.98 Å². The molecule has 0 bridgehead atoms. The smallest absolute Gasteiger partial charge is 0.137 e. The number of fused-ring (bicyclic) bond motifs is 1. The lowest BCUT2D eigenvalue weighted by Gasteiger charge is -2.13. The van der Waals surface area contributed by atoms with Gasteiger partial charge in [-0.15, -0.1) is 12.4 Å². The van der Waals surface area contributed by atoms with Crippen molar-refractivity contribution in [2.45, 2.75) is 24.9 Å². The Hall–Kier alpha value is -0.510. The molecule has 0 radical (unpaired) electrons. The van der Waals surface area contributed by atoms with E-state index < -0.39 is 0 Å². The van der Waals surface area contributed by atoms with Crippen LogP contribution in [0.15, 0.2) is 18.3 Å². The molecular formula is C11H14Cl2N2O. The summed E-state index contributed by atoms with van der Waals surface area (Å²) in [6.07, 6.45) is 4.28. The predicted molar refractivity (Wildman–Crippen MR) is 65.4 cm³/mol. The number of hydrogen-bond donors (Lipinski definition) is 1. The van der Waals surface area contributed by atoms with Gasteiger partial charge >= 0.3 is 0 Å². The van der Waals surface area contributed by atoms with E-state index in [1.165, 1.54) is 12.8 Å². The molecule has 1 aromatic rings. The van der Waals surface area contributed by atoms with Crippen LogP contribution in [0.25, 0.3) is 0 Å². The lowest BCUT2D eigenvalue weighted by Crippen LogP contribution is -2.31. The van der Waals surface area contributed by atoms with Gasteiger partial charge in [0, 0.05) is 12.1 Å². The summed E-state index contributed by atoms with van der Waals surface area (Å²) in [6.45, 7) is 0.732. The summed E-state index contributed by atoms with van der Waals surface area (Å²) in [5.74, 6) is 1.71. The fraction of sp³-hybridized carbons (Fsp3) is 0.545. The van der Waals surface area contributed by atoms with Gasteiger partial charge in [-0.2, -0.15) is 0 Å². The maximum absolute atomic E-state index is 5.68. The lowest BCUT2D eigenvalue weighted by atomic mass is 10.2. The number of hydrogen-bond acceptors (Lipinski definition) is 3. The number of nitrogens with one attached hydrogen (secondary N) is 1. The van der Waals surface area contributed by atoms with E-state index >= 15 is 0 Å². The first-order valence-corrected chi connectivity index (χ1v) is 5.69. The van der Waals surface area contributed by atoms with Crippen LogP contribution in [-0.2, 0) is 0 Å². The van der Waals surface area contributed by atoms with E-state index in [2.05, 4.69) is 10.3 Å². The van der Waals surface area contributed by atoms with Crippen LogP contribution in [0.1, 0.15) is 12.8 Å². The monoisotopic (exact) mass is 260 g/mol. The molecular weight excluding hydrogens is 247 g/mol. The first-order valence-electron chi connectivity index (χ1n) is 5.31. The van der Waals surface area contributed by atoms with Crippen LogP contribution in [0.5, 0.6) is 5.75 Å². The zero-order chi connectivity index (χ0) is 10.3. The maximum Gasteiger partial charge on any atom is 0.137 e. The lowest BCUT2D eigenvalue weighted by molar-refractivity contribution is 0.267. The molecule has 0 aromatic carbocycles. The van der Waals surface area contributed by atoms with E-state index in [0.29, 0.717) is 11.2 Å². The number of ether oxygens (including phenoxy) is 1. The molecule has 5 heteroatoms. The molecule has 1 saturated carbocycles. The van der Waals surface area contributed by atoms with Crippen LogP contribution in [0.2, 0.25) is 5.15 Å². The van der Waals surface area contributed by atoms with Crippen molar-refractivity contribution in [3.8, 4) is 5.75 Å². The van der Waals surface area contributed by atoms with Gasteiger partial charge in [-0.1, -0.05) is 11.6 Å². The van der Waals surface area contributed by atoms with Crippen molar-refractivity contribution >= 4 is 24.0 Å². The minimum absolute atomic E-state index is 0. The highest BCUT2D eigenvalue weighted by Crippen LogP contribution is 2.40. The van der Waals surface area contributed by atoms with Crippen molar-refractivity contribution in [1.29, 1.82) is 0 Å². The van der Waals surface area contributed by atoms with Crippen LogP contribution in [-0.4, -0.2) is 23.7 Å². The summed E-state index contributed by atoms with van der Waals surface area (Å²) >= 11 is 5.68. The summed E-state index contributed by atoms with van der Waals surface area (Å²) in [6, 6.07) is 4.90. The second-order valence-corrected chi connectivity index (χ2v) is 4.72. The first-order chi connectivity index (χ1) is 7.31. The SMILES string of the molecule is Cl.Clc1ccc(OC[C@H]2C[C@@H]3C[C@@H]3N2)cn1. The van der Waals surface area contributed by atoms with Gasteiger partial charge in [0.1, 0.15) is 17.5 Å². The third-order valence-electron chi connectivity index (χ3n) is 3.11. The topological polar surface area (TPSA) is 34.1 Å². The number of aromatic nitrogens is 1. The molecule has 2 heterocycles. The van der Waals surface area contributed by atoms with Crippen molar-refractivity contribution in [3.05, 3.63) is 23.5 Å². The summed E-state index contributed by atoms with van der Waals surface area (Å²) < 4.78 is 5.63. The van der Waals surface area contributed by atoms with E-state index in [1.807, 2.05) is 6.07 Å². The Kier molecular flexibility index (Phi) is 3.57.